The SMILES string of the molecule is CC1(C)O[C@H]2O[C@H]([C@H]3COC(C)(C)O3)[C@H](n3cc(-c4ccccc4)nn3)[C@H]2O1. The number of nitrogens with zero attached hydrogens (tertiary/aromatic N) is 3. The van der Waals surface area contributed by atoms with Crippen LogP contribution in [-0.4, -0.2) is 57.8 Å². The first kappa shape index (κ1) is 18.2. The average Bonchev–Trinajstić information content (AvgIpc) is 3.37. The van der Waals surface area contributed by atoms with E-state index in [0.717, 1.165) is 11.3 Å². The Morgan fingerprint density at radius 3 is 2.46 bits per heavy atom. The maximum absolute atomic E-state index is 6.24. The van der Waals surface area contributed by atoms with E-state index in [2.05, 4.69) is 10.3 Å². The molecule has 28 heavy (non-hydrogen) atoms. The summed E-state index contributed by atoms with van der Waals surface area (Å²) in [5.74, 6) is -1.36. The van der Waals surface area contributed by atoms with Gasteiger partial charge in [-0.05, 0) is 27.7 Å². The Morgan fingerprint density at radius 1 is 0.964 bits per heavy atom. The van der Waals surface area contributed by atoms with E-state index in [1.165, 1.54) is 0 Å². The van der Waals surface area contributed by atoms with Gasteiger partial charge in [0.25, 0.3) is 0 Å². The van der Waals surface area contributed by atoms with Crippen LogP contribution in [0.5, 0.6) is 0 Å². The first-order valence-corrected chi connectivity index (χ1v) is 9.61. The third-order valence-electron chi connectivity index (χ3n) is 5.33. The van der Waals surface area contributed by atoms with Gasteiger partial charge in [-0.1, -0.05) is 35.5 Å². The zero-order chi connectivity index (χ0) is 19.5. The van der Waals surface area contributed by atoms with Crippen molar-refractivity contribution in [2.45, 2.75) is 69.9 Å². The Labute approximate surface area is 163 Å². The van der Waals surface area contributed by atoms with E-state index in [1.807, 2.05) is 68.9 Å². The minimum absolute atomic E-state index is 0.237. The Bertz CT molecular complexity index is 853. The van der Waals surface area contributed by atoms with Gasteiger partial charge in [-0.3, -0.25) is 0 Å². The zero-order valence-electron chi connectivity index (χ0n) is 16.4. The highest BCUT2D eigenvalue weighted by Crippen LogP contribution is 2.45. The van der Waals surface area contributed by atoms with Gasteiger partial charge < -0.3 is 23.7 Å². The number of hydrogen-bond donors (Lipinski definition) is 0. The fourth-order valence-corrected chi connectivity index (χ4v) is 4.17. The number of benzene rings is 1. The maximum atomic E-state index is 6.24. The molecule has 1 aromatic carbocycles. The van der Waals surface area contributed by atoms with Gasteiger partial charge in [-0.2, -0.15) is 0 Å². The molecule has 0 spiro atoms. The first-order chi connectivity index (χ1) is 13.3. The third kappa shape index (κ3) is 3.15. The van der Waals surface area contributed by atoms with Gasteiger partial charge in [0.15, 0.2) is 17.9 Å². The molecule has 0 aliphatic carbocycles. The van der Waals surface area contributed by atoms with E-state index >= 15 is 0 Å². The molecule has 3 fully saturated rings. The van der Waals surface area contributed by atoms with Gasteiger partial charge in [0.05, 0.1) is 12.8 Å². The molecule has 5 atom stereocenters. The van der Waals surface area contributed by atoms with Crippen molar-refractivity contribution in [3.8, 4) is 11.3 Å². The smallest absolute Gasteiger partial charge is 0.189 e. The van der Waals surface area contributed by atoms with Crippen molar-refractivity contribution in [1.29, 1.82) is 0 Å². The van der Waals surface area contributed by atoms with Crippen molar-refractivity contribution >= 4 is 0 Å². The molecule has 3 saturated heterocycles. The highest BCUT2D eigenvalue weighted by atomic mass is 16.8. The largest absolute Gasteiger partial charge is 0.348 e. The normalized spacial score (nSPS) is 35.9. The number of aromatic nitrogens is 3. The van der Waals surface area contributed by atoms with Crippen molar-refractivity contribution in [2.75, 3.05) is 6.61 Å². The topological polar surface area (TPSA) is 76.9 Å². The van der Waals surface area contributed by atoms with E-state index in [1.54, 1.807) is 0 Å². The lowest BCUT2D eigenvalue weighted by Gasteiger charge is -2.28. The molecule has 0 amide bonds. The van der Waals surface area contributed by atoms with Crippen LogP contribution in [0.1, 0.15) is 33.7 Å². The van der Waals surface area contributed by atoms with Crippen molar-refractivity contribution in [3.63, 3.8) is 0 Å². The Kier molecular flexibility index (Phi) is 4.12. The molecular weight excluding hydrogens is 362 g/mol. The van der Waals surface area contributed by atoms with Gasteiger partial charge in [-0.15, -0.1) is 5.10 Å². The van der Waals surface area contributed by atoms with Crippen molar-refractivity contribution < 1.29 is 23.7 Å². The minimum Gasteiger partial charge on any atom is -0.348 e. The summed E-state index contributed by atoms with van der Waals surface area (Å²) in [6, 6.07) is 9.72. The summed E-state index contributed by atoms with van der Waals surface area (Å²) in [6.07, 6.45) is 0.566. The molecule has 4 heterocycles. The summed E-state index contributed by atoms with van der Waals surface area (Å²) >= 11 is 0. The number of hydrogen-bond acceptors (Lipinski definition) is 7. The van der Waals surface area contributed by atoms with Gasteiger partial charge in [0.2, 0.25) is 0 Å². The second-order valence-corrected chi connectivity index (χ2v) is 8.38. The predicted octanol–water partition coefficient (Wildman–Crippen LogP) is 2.51. The summed E-state index contributed by atoms with van der Waals surface area (Å²) in [5, 5.41) is 8.76. The summed E-state index contributed by atoms with van der Waals surface area (Å²) in [5.41, 5.74) is 1.80. The molecule has 150 valence electrons. The molecular formula is C20H25N3O5. The Morgan fingerprint density at radius 2 is 1.75 bits per heavy atom. The van der Waals surface area contributed by atoms with Crippen LogP contribution < -0.4 is 0 Å². The van der Waals surface area contributed by atoms with E-state index in [0.29, 0.717) is 6.61 Å². The molecule has 5 rings (SSSR count). The summed E-state index contributed by atoms with van der Waals surface area (Å²) in [4.78, 5) is 0. The molecule has 8 nitrogen and oxygen atoms in total. The number of fused-ring (bicyclic) bond motifs is 1. The van der Waals surface area contributed by atoms with Crippen LogP contribution in [0.15, 0.2) is 36.5 Å². The molecule has 3 aliphatic rings. The second kappa shape index (κ2) is 6.33. The second-order valence-electron chi connectivity index (χ2n) is 8.38. The highest BCUT2D eigenvalue weighted by molar-refractivity contribution is 5.57. The molecule has 0 unspecified atom stereocenters. The van der Waals surface area contributed by atoms with Crippen molar-refractivity contribution in [1.82, 2.24) is 15.0 Å². The predicted molar refractivity (Wildman–Crippen MR) is 98.1 cm³/mol. The van der Waals surface area contributed by atoms with Crippen LogP contribution in [0.2, 0.25) is 0 Å². The molecule has 2 aromatic rings. The number of ether oxygens (including phenoxy) is 5. The Hall–Kier alpha value is -1.84. The van der Waals surface area contributed by atoms with Crippen LogP contribution in [0.4, 0.5) is 0 Å². The van der Waals surface area contributed by atoms with Gasteiger partial charge in [-0.25, -0.2) is 4.68 Å². The molecule has 0 radical (unpaired) electrons. The van der Waals surface area contributed by atoms with Gasteiger partial charge >= 0.3 is 0 Å². The monoisotopic (exact) mass is 387 g/mol. The molecule has 0 saturated carbocycles. The lowest BCUT2D eigenvalue weighted by molar-refractivity contribution is -0.226. The van der Waals surface area contributed by atoms with Gasteiger partial charge in [0, 0.05) is 5.56 Å². The van der Waals surface area contributed by atoms with Crippen LogP contribution in [-0.2, 0) is 23.7 Å². The van der Waals surface area contributed by atoms with E-state index in [9.17, 15) is 0 Å². The van der Waals surface area contributed by atoms with Crippen LogP contribution in [0.3, 0.4) is 0 Å². The molecule has 0 bridgehead atoms. The lowest BCUT2D eigenvalue weighted by atomic mass is 10.0. The summed E-state index contributed by atoms with van der Waals surface area (Å²) in [6.45, 7) is 8.01. The molecule has 1 aromatic heterocycles. The summed E-state index contributed by atoms with van der Waals surface area (Å²) in [7, 11) is 0. The first-order valence-electron chi connectivity index (χ1n) is 9.61. The van der Waals surface area contributed by atoms with Crippen LogP contribution >= 0.6 is 0 Å². The summed E-state index contributed by atoms with van der Waals surface area (Å²) < 4.78 is 32.0. The van der Waals surface area contributed by atoms with E-state index in [-0.39, 0.29) is 24.4 Å². The minimum atomic E-state index is -0.715. The molecule has 8 heteroatoms. The van der Waals surface area contributed by atoms with E-state index < -0.39 is 17.9 Å². The van der Waals surface area contributed by atoms with E-state index in [4.69, 9.17) is 23.7 Å². The quantitative estimate of drug-likeness (QED) is 0.801. The van der Waals surface area contributed by atoms with Crippen LogP contribution in [0.25, 0.3) is 11.3 Å². The third-order valence-corrected chi connectivity index (χ3v) is 5.33. The van der Waals surface area contributed by atoms with Gasteiger partial charge in [0.1, 0.15) is 30.0 Å². The van der Waals surface area contributed by atoms with Crippen LogP contribution in [0, 0.1) is 0 Å². The zero-order valence-corrected chi connectivity index (χ0v) is 16.4. The van der Waals surface area contributed by atoms with Crippen molar-refractivity contribution in [3.05, 3.63) is 36.5 Å². The fraction of sp³-hybridized carbons (Fsp3) is 0.600. The fourth-order valence-electron chi connectivity index (χ4n) is 4.17. The maximum Gasteiger partial charge on any atom is 0.189 e. The molecule has 3 aliphatic heterocycles. The average molecular weight is 387 g/mol. The standard InChI is InChI=1S/C20H25N3O5/c1-19(2)24-11-14(26-19)16-15(17-18(25-16)28-20(3,4)27-17)23-10-13(21-22-23)12-8-6-5-7-9-12/h5-10,14-18H,11H2,1-4H3/t14-,15+,16-,17-,18-/m1/s1. The Balaban J connectivity index is 1.47. The number of rotatable bonds is 3. The molecule has 0 N–H and O–H groups in total. The highest BCUT2D eigenvalue weighted by Gasteiger charge is 2.59. The van der Waals surface area contributed by atoms with Crippen molar-refractivity contribution in [2.24, 2.45) is 0 Å². The lowest BCUT2D eigenvalue weighted by Crippen LogP contribution is -2.40.